The number of nitrogens with one attached hydrogen (secondary N) is 1. The minimum Gasteiger partial charge on any atom is -0.491 e. The average molecular weight is 419 g/mol. The number of nitrogens with zero attached hydrogens (tertiary/aromatic N) is 1. The summed E-state index contributed by atoms with van der Waals surface area (Å²) in [6.07, 6.45) is 1.86. The van der Waals surface area contributed by atoms with Gasteiger partial charge in [0.1, 0.15) is 12.4 Å². The lowest BCUT2D eigenvalue weighted by molar-refractivity contribution is -0.121. The van der Waals surface area contributed by atoms with E-state index in [2.05, 4.69) is 5.32 Å². The molecule has 158 valence electrons. The molecule has 0 aliphatic heterocycles. The number of amides is 1. The predicted octanol–water partition coefficient (Wildman–Crippen LogP) is 3.43. The number of para-hydroxylation sites is 1. The van der Waals surface area contributed by atoms with Crippen LogP contribution < -0.4 is 14.4 Å². The monoisotopic (exact) mass is 418 g/mol. The van der Waals surface area contributed by atoms with Crippen LogP contribution >= 0.6 is 0 Å². The number of benzene rings is 2. The van der Waals surface area contributed by atoms with E-state index in [1.54, 1.807) is 0 Å². The van der Waals surface area contributed by atoms with Crippen molar-refractivity contribution in [1.29, 1.82) is 0 Å². The van der Waals surface area contributed by atoms with Gasteiger partial charge in [0.15, 0.2) is 0 Å². The summed E-state index contributed by atoms with van der Waals surface area (Å²) in [5.41, 5.74) is 2.63. The molecule has 0 fully saturated rings. The van der Waals surface area contributed by atoms with E-state index in [0.29, 0.717) is 18.7 Å². The summed E-state index contributed by atoms with van der Waals surface area (Å²) in [6, 6.07) is 15.0. The summed E-state index contributed by atoms with van der Waals surface area (Å²) in [5, 5.41) is 2.89. The van der Waals surface area contributed by atoms with Gasteiger partial charge < -0.3 is 10.1 Å². The molecular weight excluding hydrogens is 388 g/mol. The van der Waals surface area contributed by atoms with E-state index in [1.165, 1.54) is 10.6 Å². The second-order valence-electron chi connectivity index (χ2n) is 7.38. The lowest BCUT2D eigenvalue weighted by atomic mass is 10.1. The van der Waals surface area contributed by atoms with Crippen molar-refractivity contribution < 1.29 is 17.9 Å². The van der Waals surface area contributed by atoms with Crippen LogP contribution in [-0.2, 0) is 14.8 Å². The van der Waals surface area contributed by atoms with Gasteiger partial charge in [0.2, 0.25) is 15.9 Å². The van der Waals surface area contributed by atoms with Gasteiger partial charge in [-0.1, -0.05) is 24.3 Å². The summed E-state index contributed by atoms with van der Waals surface area (Å²) in [7, 11) is -3.43. The third-order valence-corrected chi connectivity index (χ3v) is 5.50. The average Bonchev–Trinajstić information content (AvgIpc) is 2.62. The molecule has 1 unspecified atom stereocenters. The SMILES string of the molecule is Cc1cc(C)cc(N(CCCC(=O)NC(C)COc2ccccc2)S(C)(=O)=O)c1. The molecule has 0 aliphatic rings. The molecule has 29 heavy (non-hydrogen) atoms. The maximum absolute atomic E-state index is 12.2. The number of hydrogen-bond donors (Lipinski definition) is 1. The predicted molar refractivity (Wildman–Crippen MR) is 117 cm³/mol. The largest absolute Gasteiger partial charge is 0.491 e. The second-order valence-corrected chi connectivity index (χ2v) is 9.28. The van der Waals surface area contributed by atoms with Crippen molar-refractivity contribution in [3.05, 3.63) is 59.7 Å². The van der Waals surface area contributed by atoms with Crippen molar-refractivity contribution in [2.24, 2.45) is 0 Å². The van der Waals surface area contributed by atoms with Gasteiger partial charge in [-0.3, -0.25) is 9.10 Å². The van der Waals surface area contributed by atoms with E-state index in [0.717, 1.165) is 16.9 Å². The number of sulfonamides is 1. The second kappa shape index (κ2) is 10.3. The van der Waals surface area contributed by atoms with Crippen LogP contribution in [0.3, 0.4) is 0 Å². The van der Waals surface area contributed by atoms with Gasteiger partial charge in [0.25, 0.3) is 0 Å². The van der Waals surface area contributed by atoms with Gasteiger partial charge in [-0.05, 0) is 62.6 Å². The van der Waals surface area contributed by atoms with Crippen LogP contribution in [0.1, 0.15) is 30.9 Å². The molecule has 1 N–H and O–H groups in total. The highest BCUT2D eigenvalue weighted by Gasteiger charge is 2.18. The van der Waals surface area contributed by atoms with Crippen molar-refractivity contribution in [1.82, 2.24) is 5.32 Å². The molecule has 2 aromatic carbocycles. The van der Waals surface area contributed by atoms with Crippen molar-refractivity contribution in [3.63, 3.8) is 0 Å². The number of rotatable bonds is 10. The fourth-order valence-corrected chi connectivity index (χ4v) is 4.04. The first-order valence-corrected chi connectivity index (χ1v) is 11.5. The molecule has 0 saturated carbocycles. The Balaban J connectivity index is 1.84. The van der Waals surface area contributed by atoms with Gasteiger partial charge >= 0.3 is 0 Å². The van der Waals surface area contributed by atoms with E-state index in [-0.39, 0.29) is 24.9 Å². The first-order valence-electron chi connectivity index (χ1n) is 9.68. The van der Waals surface area contributed by atoms with E-state index in [9.17, 15) is 13.2 Å². The van der Waals surface area contributed by atoms with Crippen molar-refractivity contribution in [2.45, 2.75) is 39.7 Å². The first kappa shape index (κ1) is 22.7. The minimum atomic E-state index is -3.43. The smallest absolute Gasteiger partial charge is 0.232 e. The summed E-state index contributed by atoms with van der Waals surface area (Å²) >= 11 is 0. The third-order valence-electron chi connectivity index (χ3n) is 4.31. The highest BCUT2D eigenvalue weighted by molar-refractivity contribution is 7.92. The molecular formula is C22H30N2O4S. The van der Waals surface area contributed by atoms with Gasteiger partial charge in [0, 0.05) is 13.0 Å². The lowest BCUT2D eigenvalue weighted by Gasteiger charge is -2.23. The van der Waals surface area contributed by atoms with Crippen molar-refractivity contribution in [3.8, 4) is 5.75 Å². The van der Waals surface area contributed by atoms with E-state index in [4.69, 9.17) is 4.74 Å². The number of aryl methyl sites for hydroxylation is 2. The fourth-order valence-electron chi connectivity index (χ4n) is 3.09. The summed E-state index contributed by atoms with van der Waals surface area (Å²) in [5.74, 6) is 0.633. The van der Waals surface area contributed by atoms with E-state index >= 15 is 0 Å². The summed E-state index contributed by atoms with van der Waals surface area (Å²) < 4.78 is 31.5. The molecule has 0 radical (unpaired) electrons. The Kier molecular flexibility index (Phi) is 8.08. The standard InChI is InChI=1S/C22H30N2O4S/c1-17-13-18(2)15-20(14-17)24(29(4,26)27)12-8-11-22(25)23-19(3)16-28-21-9-6-5-7-10-21/h5-7,9-10,13-15,19H,8,11-12,16H2,1-4H3,(H,23,25). The topological polar surface area (TPSA) is 75.7 Å². The molecule has 2 aromatic rings. The molecule has 7 heteroatoms. The third kappa shape index (κ3) is 7.77. The number of ether oxygens (including phenoxy) is 1. The van der Waals surface area contributed by atoms with Crippen LogP contribution in [0.25, 0.3) is 0 Å². The summed E-state index contributed by atoms with van der Waals surface area (Å²) in [4.78, 5) is 12.2. The van der Waals surface area contributed by atoms with Gasteiger partial charge in [0.05, 0.1) is 18.0 Å². The Bertz CT molecular complexity index is 893. The Morgan fingerprint density at radius 2 is 1.72 bits per heavy atom. The first-order chi connectivity index (χ1) is 13.6. The molecule has 0 bridgehead atoms. The molecule has 6 nitrogen and oxygen atoms in total. The van der Waals surface area contributed by atoms with Gasteiger partial charge in [-0.2, -0.15) is 0 Å². The van der Waals surface area contributed by atoms with Crippen LogP contribution in [0.2, 0.25) is 0 Å². The number of hydrogen-bond acceptors (Lipinski definition) is 4. The number of carbonyl (C=O) groups excluding carboxylic acids is 1. The van der Waals surface area contributed by atoms with Crippen LogP contribution in [0.4, 0.5) is 5.69 Å². The maximum Gasteiger partial charge on any atom is 0.232 e. The zero-order valence-electron chi connectivity index (χ0n) is 17.5. The summed E-state index contributed by atoms with van der Waals surface area (Å²) in [6.45, 7) is 6.36. The Morgan fingerprint density at radius 1 is 1.10 bits per heavy atom. The van der Waals surface area contributed by atoms with E-state index in [1.807, 2.05) is 69.3 Å². The molecule has 0 aliphatic carbocycles. The normalized spacial score (nSPS) is 12.3. The Hall–Kier alpha value is -2.54. The van der Waals surface area contributed by atoms with Crippen molar-refractivity contribution >= 4 is 21.6 Å². The molecule has 1 atom stereocenters. The van der Waals surface area contributed by atoms with Gasteiger partial charge in [-0.25, -0.2) is 8.42 Å². The van der Waals surface area contributed by atoms with E-state index < -0.39 is 10.0 Å². The zero-order valence-corrected chi connectivity index (χ0v) is 18.3. The van der Waals surface area contributed by atoms with Crippen LogP contribution in [0.15, 0.2) is 48.5 Å². The Labute approximate surface area is 173 Å². The van der Waals surface area contributed by atoms with Gasteiger partial charge in [-0.15, -0.1) is 0 Å². The number of carbonyl (C=O) groups is 1. The molecule has 0 aromatic heterocycles. The minimum absolute atomic E-state index is 0.122. The maximum atomic E-state index is 12.2. The Morgan fingerprint density at radius 3 is 2.31 bits per heavy atom. The zero-order chi connectivity index (χ0) is 21.4. The molecule has 0 spiro atoms. The molecule has 1 amide bonds. The highest BCUT2D eigenvalue weighted by Crippen LogP contribution is 2.21. The quantitative estimate of drug-likeness (QED) is 0.641. The fraction of sp³-hybridized carbons (Fsp3) is 0.409. The molecule has 0 heterocycles. The molecule has 2 rings (SSSR count). The van der Waals surface area contributed by atoms with Crippen LogP contribution in [0.5, 0.6) is 5.75 Å². The molecule has 0 saturated heterocycles. The van der Waals surface area contributed by atoms with Crippen LogP contribution in [-0.4, -0.2) is 39.8 Å². The highest BCUT2D eigenvalue weighted by atomic mass is 32.2. The lowest BCUT2D eigenvalue weighted by Crippen LogP contribution is -2.37. The number of anilines is 1. The van der Waals surface area contributed by atoms with Crippen molar-refractivity contribution in [2.75, 3.05) is 23.7 Å². The van der Waals surface area contributed by atoms with Crippen LogP contribution in [0, 0.1) is 13.8 Å².